The molecular formula is C13H16N4O. The lowest BCUT2D eigenvalue weighted by Crippen LogP contribution is -2.25. The number of aromatic amines is 1. The van der Waals surface area contributed by atoms with E-state index in [1.165, 1.54) is 12.4 Å². The number of H-pyrrole nitrogens is 1. The van der Waals surface area contributed by atoms with Crippen molar-refractivity contribution in [2.24, 2.45) is 0 Å². The molecule has 0 aliphatic carbocycles. The van der Waals surface area contributed by atoms with Crippen LogP contribution in [0.5, 0.6) is 0 Å². The van der Waals surface area contributed by atoms with Crippen molar-refractivity contribution in [3.63, 3.8) is 0 Å². The highest BCUT2D eigenvalue weighted by molar-refractivity contribution is 5.49. The van der Waals surface area contributed by atoms with Crippen LogP contribution in [0.2, 0.25) is 0 Å². The molecule has 0 bridgehead atoms. The summed E-state index contributed by atoms with van der Waals surface area (Å²) in [5.41, 5.74) is 7.54. The molecule has 0 saturated heterocycles. The van der Waals surface area contributed by atoms with Gasteiger partial charge in [-0.25, -0.2) is 4.98 Å². The molecule has 0 radical (unpaired) electrons. The van der Waals surface area contributed by atoms with Crippen LogP contribution < -0.4 is 16.2 Å². The van der Waals surface area contributed by atoms with Crippen LogP contribution in [-0.2, 0) is 6.54 Å². The normalized spacial score (nSPS) is 10.3. The van der Waals surface area contributed by atoms with Gasteiger partial charge in [-0.3, -0.25) is 4.79 Å². The van der Waals surface area contributed by atoms with Crippen molar-refractivity contribution in [3.05, 3.63) is 52.6 Å². The molecular weight excluding hydrogens is 228 g/mol. The molecule has 18 heavy (non-hydrogen) atoms. The molecule has 0 aliphatic rings. The first kappa shape index (κ1) is 12.2. The van der Waals surface area contributed by atoms with Crippen molar-refractivity contribution >= 4 is 11.5 Å². The average Bonchev–Trinajstić information content (AvgIpc) is 2.38. The molecule has 5 nitrogen and oxygen atoms in total. The van der Waals surface area contributed by atoms with Gasteiger partial charge < -0.3 is 15.6 Å². The first-order chi connectivity index (χ1) is 8.70. The fraction of sp³-hybridized carbons (Fsp3) is 0.231. The van der Waals surface area contributed by atoms with Crippen molar-refractivity contribution in [2.45, 2.75) is 13.5 Å². The van der Waals surface area contributed by atoms with E-state index in [1.54, 1.807) is 0 Å². The lowest BCUT2D eigenvalue weighted by atomic mass is 10.1. The van der Waals surface area contributed by atoms with Crippen LogP contribution in [0.15, 0.2) is 41.5 Å². The van der Waals surface area contributed by atoms with Gasteiger partial charge in [0.05, 0.1) is 6.33 Å². The van der Waals surface area contributed by atoms with E-state index in [1.807, 2.05) is 36.1 Å². The number of para-hydroxylation sites is 1. The molecule has 1 aromatic carbocycles. The van der Waals surface area contributed by atoms with Crippen molar-refractivity contribution in [1.29, 1.82) is 0 Å². The second-order valence-electron chi connectivity index (χ2n) is 3.98. The summed E-state index contributed by atoms with van der Waals surface area (Å²) < 4.78 is 0. The molecule has 0 saturated carbocycles. The van der Waals surface area contributed by atoms with Gasteiger partial charge in [-0.15, -0.1) is 0 Å². The molecule has 1 heterocycles. The number of rotatable bonds is 4. The molecule has 3 N–H and O–H groups in total. The van der Waals surface area contributed by atoms with Crippen LogP contribution in [0.4, 0.5) is 11.5 Å². The van der Waals surface area contributed by atoms with Gasteiger partial charge in [0.15, 0.2) is 0 Å². The van der Waals surface area contributed by atoms with Gasteiger partial charge in [0.2, 0.25) is 0 Å². The van der Waals surface area contributed by atoms with E-state index in [4.69, 9.17) is 5.73 Å². The van der Waals surface area contributed by atoms with E-state index < -0.39 is 0 Å². The second kappa shape index (κ2) is 5.35. The summed E-state index contributed by atoms with van der Waals surface area (Å²) in [7, 11) is 0. The third-order valence-electron chi connectivity index (χ3n) is 2.79. The molecule has 0 atom stereocenters. The SMILES string of the molecule is CCN(Cc1ccccc1N)c1cc(=O)[nH]cn1. The molecule has 2 rings (SSSR count). The Morgan fingerprint density at radius 2 is 2.17 bits per heavy atom. The molecule has 0 fully saturated rings. The molecule has 0 spiro atoms. The predicted molar refractivity (Wildman–Crippen MR) is 72.4 cm³/mol. The molecule has 5 heteroatoms. The molecule has 94 valence electrons. The van der Waals surface area contributed by atoms with Crippen molar-refractivity contribution < 1.29 is 0 Å². The van der Waals surface area contributed by atoms with Gasteiger partial charge in [0.1, 0.15) is 5.82 Å². The van der Waals surface area contributed by atoms with Gasteiger partial charge in [0, 0.05) is 24.8 Å². The van der Waals surface area contributed by atoms with Gasteiger partial charge in [0.25, 0.3) is 5.56 Å². The third-order valence-corrected chi connectivity index (χ3v) is 2.79. The maximum Gasteiger partial charge on any atom is 0.252 e. The summed E-state index contributed by atoms with van der Waals surface area (Å²) in [5.74, 6) is 0.657. The Labute approximate surface area is 105 Å². The standard InChI is InChI=1S/C13H16N4O/c1-2-17(12-7-13(18)16-9-15-12)8-10-5-3-4-6-11(10)14/h3-7,9H,2,8,14H2,1H3,(H,15,16,18). The number of nitrogens with one attached hydrogen (secondary N) is 1. The minimum Gasteiger partial charge on any atom is -0.398 e. The number of benzene rings is 1. The zero-order valence-corrected chi connectivity index (χ0v) is 10.3. The van der Waals surface area contributed by atoms with Gasteiger partial charge in [-0.05, 0) is 18.6 Å². The summed E-state index contributed by atoms with van der Waals surface area (Å²) in [6.45, 7) is 3.41. The second-order valence-corrected chi connectivity index (χ2v) is 3.98. The van der Waals surface area contributed by atoms with Crippen LogP contribution in [-0.4, -0.2) is 16.5 Å². The largest absolute Gasteiger partial charge is 0.398 e. The Hall–Kier alpha value is -2.30. The first-order valence-corrected chi connectivity index (χ1v) is 5.83. The van der Waals surface area contributed by atoms with Gasteiger partial charge >= 0.3 is 0 Å². The summed E-state index contributed by atoms with van der Waals surface area (Å²) >= 11 is 0. The minimum absolute atomic E-state index is 0.153. The van der Waals surface area contributed by atoms with E-state index in [9.17, 15) is 4.79 Å². The lowest BCUT2D eigenvalue weighted by Gasteiger charge is -2.22. The number of nitrogen functional groups attached to an aromatic ring is 1. The Morgan fingerprint density at radius 3 is 2.83 bits per heavy atom. The lowest BCUT2D eigenvalue weighted by molar-refractivity contribution is 0.809. The van der Waals surface area contributed by atoms with E-state index in [0.29, 0.717) is 12.4 Å². The summed E-state index contributed by atoms with van der Waals surface area (Å²) in [4.78, 5) is 20.0. The number of aromatic nitrogens is 2. The number of hydrogen-bond donors (Lipinski definition) is 2. The smallest absolute Gasteiger partial charge is 0.252 e. The third kappa shape index (κ3) is 2.68. The number of nitrogens with zero attached hydrogens (tertiary/aromatic N) is 2. The Kier molecular flexibility index (Phi) is 3.62. The number of anilines is 2. The molecule has 2 aromatic rings. The average molecular weight is 244 g/mol. The zero-order valence-electron chi connectivity index (χ0n) is 10.3. The van der Waals surface area contributed by atoms with E-state index in [-0.39, 0.29) is 5.56 Å². The first-order valence-electron chi connectivity index (χ1n) is 5.83. The number of nitrogens with two attached hydrogens (primary N) is 1. The van der Waals surface area contributed by atoms with Crippen molar-refractivity contribution in [2.75, 3.05) is 17.2 Å². The highest BCUT2D eigenvalue weighted by Crippen LogP contribution is 2.16. The Bertz CT molecular complexity index is 579. The molecule has 0 amide bonds. The summed E-state index contributed by atoms with van der Waals surface area (Å²) in [6.07, 6.45) is 1.41. The van der Waals surface area contributed by atoms with Crippen molar-refractivity contribution in [1.82, 2.24) is 9.97 Å². The predicted octanol–water partition coefficient (Wildman–Crippen LogP) is 1.38. The summed E-state index contributed by atoms with van der Waals surface area (Å²) in [5, 5.41) is 0. The molecule has 1 aromatic heterocycles. The van der Waals surface area contributed by atoms with Crippen LogP contribution in [0.25, 0.3) is 0 Å². The molecule has 0 aliphatic heterocycles. The van der Waals surface area contributed by atoms with Crippen LogP contribution in [0.1, 0.15) is 12.5 Å². The van der Waals surface area contributed by atoms with Gasteiger partial charge in [-0.1, -0.05) is 18.2 Å². The van der Waals surface area contributed by atoms with Gasteiger partial charge in [-0.2, -0.15) is 0 Å². The Morgan fingerprint density at radius 1 is 1.39 bits per heavy atom. The Balaban J connectivity index is 2.25. The van der Waals surface area contributed by atoms with Crippen LogP contribution in [0, 0.1) is 0 Å². The van der Waals surface area contributed by atoms with Crippen LogP contribution in [0.3, 0.4) is 0 Å². The molecule has 0 unspecified atom stereocenters. The van der Waals surface area contributed by atoms with E-state index >= 15 is 0 Å². The van der Waals surface area contributed by atoms with E-state index in [2.05, 4.69) is 9.97 Å². The topological polar surface area (TPSA) is 75.0 Å². The number of hydrogen-bond acceptors (Lipinski definition) is 4. The van der Waals surface area contributed by atoms with Crippen LogP contribution >= 0.6 is 0 Å². The highest BCUT2D eigenvalue weighted by Gasteiger charge is 2.08. The quantitative estimate of drug-likeness (QED) is 0.797. The maximum atomic E-state index is 11.3. The highest BCUT2D eigenvalue weighted by atomic mass is 16.1. The fourth-order valence-corrected chi connectivity index (χ4v) is 1.77. The minimum atomic E-state index is -0.153. The van der Waals surface area contributed by atoms with E-state index in [0.717, 1.165) is 17.8 Å². The van der Waals surface area contributed by atoms with Crippen molar-refractivity contribution in [3.8, 4) is 0 Å². The monoisotopic (exact) mass is 244 g/mol. The fourth-order valence-electron chi connectivity index (χ4n) is 1.77. The maximum absolute atomic E-state index is 11.3. The summed E-state index contributed by atoms with van der Waals surface area (Å²) in [6, 6.07) is 9.19. The zero-order chi connectivity index (χ0) is 13.0.